The fraction of sp³-hybridized carbons (Fsp3) is 0.724. The third kappa shape index (κ3) is 6.61. The Kier molecular flexibility index (Phi) is 9.40. The number of hydrogen-bond acceptors (Lipinski definition) is 7. The number of carbonyl (C=O) groups excluding carboxylic acids is 2. The van der Waals surface area contributed by atoms with Crippen molar-refractivity contribution in [3.63, 3.8) is 0 Å². The van der Waals surface area contributed by atoms with Gasteiger partial charge in [0.05, 0.1) is 25.8 Å². The monoisotopic (exact) mass is 527 g/mol. The van der Waals surface area contributed by atoms with Crippen LogP contribution in [0.25, 0.3) is 0 Å². The Morgan fingerprint density at radius 1 is 1.05 bits per heavy atom. The van der Waals surface area contributed by atoms with Crippen LogP contribution in [0.15, 0.2) is 18.2 Å². The number of fused-ring (bicyclic) bond motifs is 3. The molecule has 0 unspecified atom stereocenters. The largest absolute Gasteiger partial charge is 0.493 e. The van der Waals surface area contributed by atoms with Crippen LogP contribution in [0.5, 0.6) is 5.75 Å². The van der Waals surface area contributed by atoms with Crippen molar-refractivity contribution in [3.05, 3.63) is 23.8 Å². The van der Waals surface area contributed by atoms with Crippen LogP contribution >= 0.6 is 0 Å². The smallest absolute Gasteiger partial charge is 0.236 e. The molecular weight excluding hydrogens is 482 g/mol. The van der Waals surface area contributed by atoms with Gasteiger partial charge in [-0.1, -0.05) is 0 Å². The Bertz CT molecular complexity index is 953. The number of piperazine rings is 1. The summed E-state index contributed by atoms with van der Waals surface area (Å²) in [6.07, 6.45) is 5.70. The Labute approximate surface area is 227 Å². The molecule has 4 heterocycles. The number of anilines is 1. The highest BCUT2D eigenvalue weighted by Gasteiger charge is 2.34. The highest BCUT2D eigenvalue weighted by Crippen LogP contribution is 2.33. The maximum Gasteiger partial charge on any atom is 0.236 e. The molecule has 0 aromatic heterocycles. The number of nitrogens with zero attached hydrogens (tertiary/aromatic N) is 3. The van der Waals surface area contributed by atoms with Gasteiger partial charge >= 0.3 is 0 Å². The van der Waals surface area contributed by atoms with Gasteiger partial charge in [-0.15, -0.1) is 0 Å². The summed E-state index contributed by atoms with van der Waals surface area (Å²) in [7, 11) is 1.77. The molecule has 4 aliphatic heterocycles. The quantitative estimate of drug-likeness (QED) is 0.605. The van der Waals surface area contributed by atoms with Crippen LogP contribution in [-0.4, -0.2) is 100 Å². The second-order valence-electron chi connectivity index (χ2n) is 11.3. The van der Waals surface area contributed by atoms with Gasteiger partial charge < -0.3 is 34.8 Å². The molecule has 3 fully saturated rings. The first-order valence-corrected chi connectivity index (χ1v) is 14.6. The van der Waals surface area contributed by atoms with Crippen molar-refractivity contribution in [2.75, 3.05) is 77.6 Å². The van der Waals surface area contributed by atoms with Crippen molar-refractivity contribution >= 4 is 17.5 Å². The molecular formula is C29H45N5O4. The van der Waals surface area contributed by atoms with Gasteiger partial charge in [-0.05, 0) is 62.1 Å². The van der Waals surface area contributed by atoms with E-state index in [1.54, 1.807) is 7.11 Å². The van der Waals surface area contributed by atoms with E-state index in [4.69, 9.17) is 9.47 Å². The highest BCUT2D eigenvalue weighted by molar-refractivity contribution is 5.79. The van der Waals surface area contributed by atoms with Gasteiger partial charge in [0.2, 0.25) is 11.8 Å². The molecule has 9 heteroatoms. The average Bonchev–Trinajstić information content (AvgIpc) is 3.41. The van der Waals surface area contributed by atoms with Gasteiger partial charge in [-0.25, -0.2) is 0 Å². The van der Waals surface area contributed by atoms with Crippen molar-refractivity contribution in [3.8, 4) is 5.75 Å². The van der Waals surface area contributed by atoms with E-state index < -0.39 is 0 Å². The lowest BCUT2D eigenvalue weighted by Gasteiger charge is -2.39. The van der Waals surface area contributed by atoms with Crippen LogP contribution < -0.4 is 20.3 Å². The first-order valence-electron chi connectivity index (χ1n) is 14.6. The predicted octanol–water partition coefficient (Wildman–Crippen LogP) is 1.85. The molecule has 38 heavy (non-hydrogen) atoms. The summed E-state index contributed by atoms with van der Waals surface area (Å²) in [5, 5.41) is 6.72. The van der Waals surface area contributed by atoms with Crippen LogP contribution in [0.4, 0.5) is 5.69 Å². The van der Waals surface area contributed by atoms with E-state index in [0.717, 1.165) is 89.4 Å². The summed E-state index contributed by atoms with van der Waals surface area (Å²) in [5.74, 6) is 1.98. The van der Waals surface area contributed by atoms with E-state index in [2.05, 4.69) is 33.7 Å². The Morgan fingerprint density at radius 2 is 1.92 bits per heavy atom. The summed E-state index contributed by atoms with van der Waals surface area (Å²) in [6.45, 7) is 8.16. The van der Waals surface area contributed by atoms with Gasteiger partial charge in [0.25, 0.3) is 0 Å². The zero-order valence-electron chi connectivity index (χ0n) is 23.0. The van der Waals surface area contributed by atoms with E-state index >= 15 is 0 Å². The molecule has 1 aromatic carbocycles. The zero-order chi connectivity index (χ0) is 26.3. The molecule has 2 bridgehead atoms. The minimum atomic E-state index is 0.152. The molecule has 4 aliphatic rings. The van der Waals surface area contributed by atoms with Crippen molar-refractivity contribution < 1.29 is 19.1 Å². The first kappa shape index (κ1) is 27.2. The van der Waals surface area contributed by atoms with Crippen molar-refractivity contribution in [2.24, 2.45) is 11.8 Å². The van der Waals surface area contributed by atoms with Gasteiger partial charge in [0.1, 0.15) is 5.75 Å². The molecule has 0 aliphatic carbocycles. The second-order valence-corrected chi connectivity index (χ2v) is 11.3. The standard InChI is InChI=1S/C29H45N5O4/c1-37-21-26-5-2-11-34(26)25-6-7-27-24(16-25)18-31-19-29(36)33-12-8-22(23(20-33)4-3-15-38-27)17-28(35)32-13-9-30-10-14-32/h6-7,16,22-23,26,30-31H,2-5,8-15,17-21H2,1H3/t22-,23-,26-/m0/s1. The second kappa shape index (κ2) is 13.1. The number of ether oxygens (including phenoxy) is 2. The van der Waals surface area contributed by atoms with Crippen molar-refractivity contribution in [1.29, 1.82) is 0 Å². The number of carbonyl (C=O) groups is 2. The van der Waals surface area contributed by atoms with Crippen LogP contribution in [0.1, 0.15) is 44.1 Å². The number of rotatable bonds is 5. The fourth-order valence-corrected chi connectivity index (χ4v) is 6.68. The maximum atomic E-state index is 13.1. The molecule has 0 saturated carbocycles. The molecule has 9 nitrogen and oxygen atoms in total. The normalized spacial score (nSPS) is 27.1. The molecule has 0 radical (unpaired) electrons. The number of methoxy groups -OCH3 is 1. The lowest BCUT2D eigenvalue weighted by atomic mass is 9.80. The third-order valence-corrected chi connectivity index (χ3v) is 8.83. The van der Waals surface area contributed by atoms with Gasteiger partial charge in [-0.2, -0.15) is 0 Å². The topological polar surface area (TPSA) is 86.4 Å². The van der Waals surface area contributed by atoms with Crippen LogP contribution in [0.3, 0.4) is 0 Å². The Balaban J connectivity index is 1.25. The van der Waals surface area contributed by atoms with E-state index in [0.29, 0.717) is 44.0 Å². The fourth-order valence-electron chi connectivity index (χ4n) is 6.68. The number of nitrogens with one attached hydrogen (secondary N) is 2. The summed E-state index contributed by atoms with van der Waals surface area (Å²) in [4.78, 5) is 32.6. The number of benzene rings is 1. The lowest BCUT2D eigenvalue weighted by Crippen LogP contribution is -2.49. The van der Waals surface area contributed by atoms with Gasteiger partial charge in [0, 0.05) is 77.1 Å². The molecule has 2 N–H and O–H groups in total. The number of piperidine rings is 1. The SMILES string of the molecule is COC[C@@H]1CCCN1c1ccc2c(c1)CNCC(=O)N1CC[C@@H](CC(=O)N3CCNCC3)[C@@H](CCCO2)C1. The molecule has 3 atom stereocenters. The van der Waals surface area contributed by atoms with Crippen LogP contribution in [0.2, 0.25) is 0 Å². The molecule has 5 rings (SSSR count). The van der Waals surface area contributed by atoms with Gasteiger partial charge in [0.15, 0.2) is 0 Å². The van der Waals surface area contributed by atoms with E-state index in [-0.39, 0.29) is 11.8 Å². The predicted molar refractivity (Wildman–Crippen MR) is 147 cm³/mol. The van der Waals surface area contributed by atoms with E-state index in [1.807, 2.05) is 9.80 Å². The Morgan fingerprint density at radius 3 is 2.76 bits per heavy atom. The highest BCUT2D eigenvalue weighted by atomic mass is 16.5. The van der Waals surface area contributed by atoms with E-state index in [9.17, 15) is 9.59 Å². The zero-order valence-corrected chi connectivity index (χ0v) is 23.0. The van der Waals surface area contributed by atoms with Crippen molar-refractivity contribution in [2.45, 2.75) is 51.1 Å². The van der Waals surface area contributed by atoms with Crippen molar-refractivity contribution in [1.82, 2.24) is 20.4 Å². The first-order chi connectivity index (χ1) is 18.6. The minimum Gasteiger partial charge on any atom is -0.493 e. The number of amides is 2. The lowest BCUT2D eigenvalue weighted by molar-refractivity contribution is -0.135. The molecule has 1 aromatic rings. The van der Waals surface area contributed by atoms with E-state index in [1.165, 1.54) is 12.1 Å². The summed E-state index contributed by atoms with van der Waals surface area (Å²) >= 11 is 0. The summed E-state index contributed by atoms with van der Waals surface area (Å²) < 4.78 is 11.8. The Hall–Kier alpha value is -2.36. The maximum absolute atomic E-state index is 13.1. The van der Waals surface area contributed by atoms with Gasteiger partial charge in [-0.3, -0.25) is 9.59 Å². The molecule has 3 saturated heterocycles. The minimum absolute atomic E-state index is 0.152. The summed E-state index contributed by atoms with van der Waals surface area (Å²) in [5.41, 5.74) is 2.29. The summed E-state index contributed by atoms with van der Waals surface area (Å²) in [6, 6.07) is 6.87. The number of hydrogen-bond donors (Lipinski definition) is 2. The third-order valence-electron chi connectivity index (χ3n) is 8.83. The average molecular weight is 528 g/mol. The van der Waals surface area contributed by atoms with Crippen LogP contribution in [0, 0.1) is 11.8 Å². The molecule has 0 spiro atoms. The molecule has 210 valence electrons. The van der Waals surface area contributed by atoms with Crippen LogP contribution in [-0.2, 0) is 20.9 Å². The molecule has 2 amide bonds.